The van der Waals surface area contributed by atoms with Crippen molar-refractivity contribution in [3.05, 3.63) is 33.3 Å². The molecule has 0 unspecified atom stereocenters. The van der Waals surface area contributed by atoms with Gasteiger partial charge < -0.3 is 9.63 Å². The number of thiophene rings is 1. The molecule has 0 aromatic carbocycles. The standard InChI is InChI=1S/C12H14N2O5S2/c1-7-10(8(2)19-13-7)5-14(3)21(17,18)9-4-11(12(15)16)20-6-9/h4,6H,5H2,1-3H3,(H,15,16). The summed E-state index contributed by atoms with van der Waals surface area (Å²) in [5.74, 6) is -0.582. The predicted octanol–water partition coefficient (Wildman–Crippen LogP) is 1.87. The topological polar surface area (TPSA) is 101 Å². The van der Waals surface area contributed by atoms with E-state index in [9.17, 15) is 13.2 Å². The number of carboxylic acid groups (broad SMARTS) is 1. The van der Waals surface area contributed by atoms with E-state index in [0.717, 1.165) is 21.7 Å². The maximum atomic E-state index is 12.4. The van der Waals surface area contributed by atoms with Crippen molar-refractivity contribution in [2.24, 2.45) is 0 Å². The van der Waals surface area contributed by atoms with E-state index in [0.29, 0.717) is 17.0 Å². The van der Waals surface area contributed by atoms with Gasteiger partial charge in [-0.3, -0.25) is 0 Å². The summed E-state index contributed by atoms with van der Waals surface area (Å²) in [5.41, 5.74) is 1.33. The molecule has 9 heteroatoms. The SMILES string of the molecule is Cc1noc(C)c1CN(C)S(=O)(=O)c1csc(C(=O)O)c1. The van der Waals surface area contributed by atoms with E-state index >= 15 is 0 Å². The summed E-state index contributed by atoms with van der Waals surface area (Å²) in [6.45, 7) is 3.56. The molecule has 0 saturated carbocycles. The summed E-state index contributed by atoms with van der Waals surface area (Å²) in [4.78, 5) is 10.8. The van der Waals surface area contributed by atoms with Crippen LogP contribution in [0.15, 0.2) is 20.9 Å². The Bertz CT molecular complexity index is 756. The highest BCUT2D eigenvalue weighted by Gasteiger charge is 2.25. The van der Waals surface area contributed by atoms with Gasteiger partial charge in [0.05, 0.1) is 10.6 Å². The Kier molecular flexibility index (Phi) is 4.17. The maximum Gasteiger partial charge on any atom is 0.345 e. The molecule has 2 rings (SSSR count). The number of aromatic nitrogens is 1. The molecule has 0 saturated heterocycles. The minimum atomic E-state index is -3.75. The van der Waals surface area contributed by atoms with Crippen LogP contribution in [0.25, 0.3) is 0 Å². The van der Waals surface area contributed by atoms with Gasteiger partial charge in [0, 0.05) is 24.5 Å². The molecule has 7 nitrogen and oxygen atoms in total. The first-order chi connectivity index (χ1) is 9.73. The van der Waals surface area contributed by atoms with Gasteiger partial charge in [-0.1, -0.05) is 5.16 Å². The minimum absolute atomic E-state index is 0.0145. The Morgan fingerprint density at radius 2 is 2.14 bits per heavy atom. The van der Waals surface area contributed by atoms with Gasteiger partial charge in [-0.15, -0.1) is 11.3 Å². The van der Waals surface area contributed by atoms with E-state index < -0.39 is 16.0 Å². The normalized spacial score (nSPS) is 12.0. The fourth-order valence-electron chi connectivity index (χ4n) is 1.78. The summed E-state index contributed by atoms with van der Waals surface area (Å²) in [6, 6.07) is 1.16. The zero-order chi connectivity index (χ0) is 15.8. The van der Waals surface area contributed by atoms with E-state index in [1.54, 1.807) is 13.8 Å². The van der Waals surface area contributed by atoms with Crippen molar-refractivity contribution in [2.45, 2.75) is 25.3 Å². The molecule has 0 amide bonds. The molecule has 2 aromatic heterocycles. The van der Waals surface area contributed by atoms with Gasteiger partial charge in [-0.2, -0.15) is 4.31 Å². The smallest absolute Gasteiger partial charge is 0.345 e. The number of hydrogen-bond acceptors (Lipinski definition) is 6. The van der Waals surface area contributed by atoms with Crippen LogP contribution >= 0.6 is 11.3 Å². The monoisotopic (exact) mass is 330 g/mol. The first-order valence-corrected chi connectivity index (χ1v) is 8.25. The Morgan fingerprint density at radius 1 is 1.48 bits per heavy atom. The molecule has 0 atom stereocenters. The van der Waals surface area contributed by atoms with Crippen LogP contribution in [0.1, 0.15) is 26.7 Å². The third kappa shape index (κ3) is 2.99. The zero-order valence-corrected chi connectivity index (χ0v) is 13.3. The van der Waals surface area contributed by atoms with Gasteiger partial charge in [0.25, 0.3) is 0 Å². The third-order valence-corrected chi connectivity index (χ3v) is 5.90. The number of aromatic carboxylic acids is 1. The van der Waals surface area contributed by atoms with Crippen LogP contribution in [0.2, 0.25) is 0 Å². The van der Waals surface area contributed by atoms with Crippen LogP contribution in [0, 0.1) is 13.8 Å². The van der Waals surface area contributed by atoms with Crippen molar-refractivity contribution in [3.8, 4) is 0 Å². The number of nitrogens with zero attached hydrogens (tertiary/aromatic N) is 2. The van der Waals surface area contributed by atoms with Gasteiger partial charge in [-0.25, -0.2) is 13.2 Å². The van der Waals surface area contributed by atoms with E-state index in [4.69, 9.17) is 9.63 Å². The minimum Gasteiger partial charge on any atom is -0.477 e. The summed E-state index contributed by atoms with van der Waals surface area (Å²) in [6.07, 6.45) is 0. The Morgan fingerprint density at radius 3 is 2.62 bits per heavy atom. The van der Waals surface area contributed by atoms with Gasteiger partial charge in [0.15, 0.2) is 0 Å². The molecule has 21 heavy (non-hydrogen) atoms. The largest absolute Gasteiger partial charge is 0.477 e. The van der Waals surface area contributed by atoms with Gasteiger partial charge in [-0.05, 0) is 19.9 Å². The first kappa shape index (κ1) is 15.7. The van der Waals surface area contributed by atoms with E-state index in [1.165, 1.54) is 12.4 Å². The second-order valence-electron chi connectivity index (χ2n) is 4.52. The average Bonchev–Trinajstić information content (AvgIpc) is 3.01. The molecule has 0 bridgehead atoms. The predicted molar refractivity (Wildman–Crippen MR) is 75.9 cm³/mol. The second kappa shape index (κ2) is 5.58. The molecule has 0 aliphatic rings. The molecule has 0 aliphatic heterocycles. The van der Waals surface area contributed by atoms with E-state index in [2.05, 4.69) is 5.16 Å². The molecular formula is C12H14N2O5S2. The van der Waals surface area contributed by atoms with Crippen LogP contribution in [-0.2, 0) is 16.6 Å². The van der Waals surface area contributed by atoms with Crippen molar-refractivity contribution in [2.75, 3.05) is 7.05 Å². The second-order valence-corrected chi connectivity index (χ2v) is 7.47. The first-order valence-electron chi connectivity index (χ1n) is 5.93. The summed E-state index contributed by atoms with van der Waals surface area (Å²) in [5, 5.41) is 14.0. The molecule has 2 aromatic rings. The lowest BCUT2D eigenvalue weighted by Crippen LogP contribution is -2.26. The Balaban J connectivity index is 2.28. The molecule has 0 aliphatic carbocycles. The number of sulfonamides is 1. The van der Waals surface area contributed by atoms with Crippen LogP contribution in [0.3, 0.4) is 0 Å². The number of carbonyl (C=O) groups is 1. The van der Waals surface area contributed by atoms with Crippen molar-refractivity contribution >= 4 is 27.3 Å². The average molecular weight is 330 g/mol. The quantitative estimate of drug-likeness (QED) is 0.898. The Labute approximate surface area is 125 Å². The lowest BCUT2D eigenvalue weighted by Gasteiger charge is -2.15. The van der Waals surface area contributed by atoms with Crippen molar-refractivity contribution in [1.29, 1.82) is 0 Å². The Hall–Kier alpha value is -1.71. The number of rotatable bonds is 5. The van der Waals surface area contributed by atoms with Crippen molar-refractivity contribution in [3.63, 3.8) is 0 Å². The fourth-order valence-corrected chi connectivity index (χ4v) is 4.02. The van der Waals surface area contributed by atoms with Gasteiger partial charge in [0.2, 0.25) is 10.0 Å². The molecule has 1 N–H and O–H groups in total. The van der Waals surface area contributed by atoms with Crippen molar-refractivity contribution < 1.29 is 22.8 Å². The third-order valence-electron chi connectivity index (χ3n) is 3.06. The number of aryl methyl sites for hydroxylation is 2. The maximum absolute atomic E-state index is 12.4. The number of hydrogen-bond donors (Lipinski definition) is 1. The van der Waals surface area contributed by atoms with Crippen LogP contribution in [0.5, 0.6) is 0 Å². The highest BCUT2D eigenvalue weighted by molar-refractivity contribution is 7.89. The lowest BCUT2D eigenvalue weighted by atomic mass is 10.2. The zero-order valence-electron chi connectivity index (χ0n) is 11.7. The molecular weight excluding hydrogens is 316 g/mol. The molecule has 2 heterocycles. The fraction of sp³-hybridized carbons (Fsp3) is 0.333. The molecule has 0 spiro atoms. The lowest BCUT2D eigenvalue weighted by molar-refractivity contribution is 0.0702. The van der Waals surface area contributed by atoms with Crippen LogP contribution < -0.4 is 0 Å². The number of carboxylic acids is 1. The molecule has 0 radical (unpaired) electrons. The van der Waals surface area contributed by atoms with E-state index in [1.807, 2.05) is 0 Å². The summed E-state index contributed by atoms with van der Waals surface area (Å²) >= 11 is 0.880. The van der Waals surface area contributed by atoms with Gasteiger partial charge >= 0.3 is 5.97 Å². The molecule has 0 fully saturated rings. The van der Waals surface area contributed by atoms with E-state index in [-0.39, 0.29) is 16.3 Å². The molecule has 114 valence electrons. The highest BCUT2D eigenvalue weighted by atomic mass is 32.2. The highest BCUT2D eigenvalue weighted by Crippen LogP contribution is 2.24. The summed E-state index contributed by atoms with van der Waals surface area (Å²) in [7, 11) is -2.32. The van der Waals surface area contributed by atoms with Crippen molar-refractivity contribution in [1.82, 2.24) is 9.46 Å². The van der Waals surface area contributed by atoms with Gasteiger partial charge in [0.1, 0.15) is 10.6 Å². The van der Waals surface area contributed by atoms with Crippen LogP contribution in [-0.4, -0.2) is 36.0 Å². The van der Waals surface area contributed by atoms with Crippen LogP contribution in [0.4, 0.5) is 0 Å². The summed E-state index contributed by atoms with van der Waals surface area (Å²) < 4.78 is 31.0.